The zero-order valence-corrected chi connectivity index (χ0v) is 22.6. The standard InChI is InChI=1S/C9H20O9S3.3Na/c10-19(11,12)6-1-3-9(5-8-21(16,17)18)4-2-7-20(13,14)15;;;/h9H,1-8H2,(H,10,11,12)(H,13,14,15)(H,16,17,18);;;/q;3*+1/p-3. The van der Waals surface area contributed by atoms with Gasteiger partial charge in [-0.15, -0.1) is 0 Å². The third-order valence-electron chi connectivity index (χ3n) is 2.79. The molecule has 0 unspecified atom stereocenters. The van der Waals surface area contributed by atoms with Crippen molar-refractivity contribution < 1.29 is 128 Å². The molecule has 9 nitrogen and oxygen atoms in total. The minimum absolute atomic E-state index is 0. The van der Waals surface area contributed by atoms with E-state index in [0.29, 0.717) is 0 Å². The first-order valence-electron chi connectivity index (χ1n) is 6.09. The Kier molecular flexibility index (Phi) is 22.3. The molecule has 0 atom stereocenters. The maximum absolute atomic E-state index is 10.6. The van der Waals surface area contributed by atoms with Crippen molar-refractivity contribution in [1.29, 1.82) is 0 Å². The molecule has 0 N–H and O–H groups in total. The summed E-state index contributed by atoms with van der Waals surface area (Å²) in [5.74, 6) is -2.33. The van der Waals surface area contributed by atoms with Gasteiger partial charge in [-0.2, -0.15) is 0 Å². The summed E-state index contributed by atoms with van der Waals surface area (Å²) in [5, 5.41) is 0. The van der Waals surface area contributed by atoms with Crippen LogP contribution < -0.4 is 88.7 Å². The third kappa shape index (κ3) is 27.0. The molecule has 24 heavy (non-hydrogen) atoms. The molecule has 0 aromatic carbocycles. The van der Waals surface area contributed by atoms with Gasteiger partial charge < -0.3 is 13.7 Å². The summed E-state index contributed by atoms with van der Waals surface area (Å²) in [5.41, 5.74) is 0. The van der Waals surface area contributed by atoms with E-state index in [2.05, 4.69) is 0 Å². The zero-order chi connectivity index (χ0) is 16.7. The van der Waals surface area contributed by atoms with Crippen LogP contribution in [0.25, 0.3) is 0 Å². The van der Waals surface area contributed by atoms with Gasteiger partial charge in [-0.3, -0.25) is 0 Å². The molecule has 0 aliphatic heterocycles. The fraction of sp³-hybridized carbons (Fsp3) is 1.00. The van der Waals surface area contributed by atoms with Crippen LogP contribution in [-0.2, 0) is 30.4 Å². The summed E-state index contributed by atoms with van der Waals surface area (Å²) < 4.78 is 94.4. The molecule has 0 aliphatic carbocycles. The third-order valence-corrected chi connectivity index (χ3v) is 5.10. The molecular weight excluding hydrogens is 417 g/mol. The fourth-order valence-corrected chi connectivity index (χ4v) is 3.50. The Morgan fingerprint density at radius 1 is 0.542 bits per heavy atom. The van der Waals surface area contributed by atoms with E-state index in [4.69, 9.17) is 0 Å². The molecule has 15 heteroatoms. The van der Waals surface area contributed by atoms with E-state index in [-0.39, 0.29) is 121 Å². The predicted molar refractivity (Wildman–Crippen MR) is 70.3 cm³/mol. The summed E-state index contributed by atoms with van der Waals surface area (Å²) in [6, 6.07) is 0. The molecule has 0 radical (unpaired) electrons. The maximum Gasteiger partial charge on any atom is 1.00 e. The van der Waals surface area contributed by atoms with Gasteiger partial charge in [0.25, 0.3) is 0 Å². The number of hydrogen-bond acceptors (Lipinski definition) is 9. The average Bonchev–Trinajstić information content (AvgIpc) is 2.20. The first-order valence-corrected chi connectivity index (χ1v) is 10.8. The summed E-state index contributed by atoms with van der Waals surface area (Å²) >= 11 is 0. The minimum Gasteiger partial charge on any atom is -0.748 e. The molecule has 0 rings (SSSR count). The Morgan fingerprint density at radius 3 is 1.08 bits per heavy atom. The predicted octanol–water partition coefficient (Wildman–Crippen LogP) is -9.80. The van der Waals surface area contributed by atoms with Gasteiger partial charge in [-0.25, -0.2) is 25.3 Å². The van der Waals surface area contributed by atoms with Crippen molar-refractivity contribution in [2.24, 2.45) is 5.92 Å². The van der Waals surface area contributed by atoms with Crippen LogP contribution in [0.3, 0.4) is 0 Å². The molecule has 128 valence electrons. The fourth-order valence-electron chi connectivity index (χ4n) is 1.84. The monoisotopic (exact) mass is 434 g/mol. The van der Waals surface area contributed by atoms with Crippen LogP contribution in [0.4, 0.5) is 0 Å². The number of hydrogen-bond donors (Lipinski definition) is 0. The maximum atomic E-state index is 10.6. The van der Waals surface area contributed by atoms with Gasteiger partial charge in [0.05, 0.1) is 30.4 Å². The van der Waals surface area contributed by atoms with Crippen LogP contribution >= 0.6 is 0 Å². The molecule has 0 aromatic heterocycles. The van der Waals surface area contributed by atoms with Crippen LogP contribution in [0.15, 0.2) is 0 Å². The van der Waals surface area contributed by atoms with E-state index in [9.17, 15) is 38.9 Å². The Labute approximate surface area is 210 Å². The zero-order valence-electron chi connectivity index (χ0n) is 14.1. The first-order chi connectivity index (χ1) is 9.29. The molecule has 0 heterocycles. The second-order valence-electron chi connectivity index (χ2n) is 4.72. The van der Waals surface area contributed by atoms with E-state index in [1.807, 2.05) is 0 Å². The second-order valence-corrected chi connectivity index (χ2v) is 9.30. The van der Waals surface area contributed by atoms with E-state index >= 15 is 0 Å². The van der Waals surface area contributed by atoms with E-state index in [1.54, 1.807) is 0 Å². The quantitative estimate of drug-likeness (QED) is 0.226. The minimum atomic E-state index is -4.44. The van der Waals surface area contributed by atoms with Crippen molar-refractivity contribution in [3.05, 3.63) is 0 Å². The Balaban J connectivity index is -0.000000667. The second kappa shape index (κ2) is 15.6. The van der Waals surface area contributed by atoms with Gasteiger partial charge in [0, 0.05) is 17.3 Å². The van der Waals surface area contributed by atoms with Gasteiger partial charge in [-0.1, -0.05) is 0 Å². The summed E-state index contributed by atoms with van der Waals surface area (Å²) in [6.07, 6.45) is 0.231. The SMILES string of the molecule is O=S(=O)([O-])CCCC(CCCS(=O)(=O)[O-])CCS(=O)(=O)[O-].[Na+].[Na+].[Na+]. The molecule has 0 fully saturated rings. The van der Waals surface area contributed by atoms with Crippen molar-refractivity contribution in [1.82, 2.24) is 0 Å². The molecular formula is C9H17Na3O9S3. The Morgan fingerprint density at radius 2 is 0.833 bits per heavy atom. The van der Waals surface area contributed by atoms with Crippen molar-refractivity contribution in [2.45, 2.75) is 32.1 Å². The van der Waals surface area contributed by atoms with Crippen molar-refractivity contribution >= 4 is 30.4 Å². The molecule has 0 spiro atoms. The first kappa shape index (κ1) is 34.3. The Bertz CT molecular complexity index is 578. The van der Waals surface area contributed by atoms with Gasteiger partial charge in [0.2, 0.25) is 0 Å². The molecule has 0 aromatic rings. The van der Waals surface area contributed by atoms with Crippen LogP contribution in [0, 0.1) is 5.92 Å². The van der Waals surface area contributed by atoms with E-state index in [1.165, 1.54) is 0 Å². The van der Waals surface area contributed by atoms with Crippen molar-refractivity contribution in [3.63, 3.8) is 0 Å². The van der Waals surface area contributed by atoms with Gasteiger partial charge >= 0.3 is 88.7 Å². The average molecular weight is 434 g/mol. The van der Waals surface area contributed by atoms with Crippen LogP contribution in [-0.4, -0.2) is 56.2 Å². The normalized spacial score (nSPS) is 12.0. The molecule has 0 saturated carbocycles. The molecule has 0 saturated heterocycles. The van der Waals surface area contributed by atoms with E-state index < -0.39 is 53.5 Å². The Hall–Kier alpha value is 2.73. The van der Waals surface area contributed by atoms with E-state index in [0.717, 1.165) is 0 Å². The molecule has 0 bridgehead atoms. The summed E-state index contributed by atoms with van der Waals surface area (Å²) in [6.45, 7) is 0. The topological polar surface area (TPSA) is 172 Å². The van der Waals surface area contributed by atoms with Gasteiger partial charge in [0.1, 0.15) is 0 Å². The smallest absolute Gasteiger partial charge is 0.748 e. The molecule has 0 aliphatic rings. The van der Waals surface area contributed by atoms with Crippen molar-refractivity contribution in [2.75, 3.05) is 17.3 Å². The van der Waals surface area contributed by atoms with Gasteiger partial charge in [-0.05, 0) is 38.0 Å². The van der Waals surface area contributed by atoms with Crippen LogP contribution in [0.2, 0.25) is 0 Å². The summed E-state index contributed by atoms with van der Waals surface area (Å²) in [7, 11) is -13.2. The number of rotatable bonds is 11. The summed E-state index contributed by atoms with van der Waals surface area (Å²) in [4.78, 5) is 0. The van der Waals surface area contributed by atoms with Crippen molar-refractivity contribution in [3.8, 4) is 0 Å². The van der Waals surface area contributed by atoms with Crippen LogP contribution in [0.5, 0.6) is 0 Å². The molecule has 0 amide bonds. The van der Waals surface area contributed by atoms with Crippen LogP contribution in [0.1, 0.15) is 32.1 Å². The van der Waals surface area contributed by atoms with Gasteiger partial charge in [0.15, 0.2) is 0 Å². The largest absolute Gasteiger partial charge is 1.00 e.